The van der Waals surface area contributed by atoms with Crippen molar-refractivity contribution < 1.29 is 5.11 Å². The van der Waals surface area contributed by atoms with Crippen LogP contribution in [0.25, 0.3) is 0 Å². The lowest BCUT2D eigenvalue weighted by molar-refractivity contribution is 0.0532. The molecule has 1 aromatic heterocycles. The van der Waals surface area contributed by atoms with Gasteiger partial charge in [0, 0.05) is 19.6 Å². The number of fused-ring (bicyclic) bond motifs is 1. The highest BCUT2D eigenvalue weighted by atomic mass is 16.3. The van der Waals surface area contributed by atoms with Crippen molar-refractivity contribution in [1.29, 1.82) is 0 Å². The Morgan fingerprint density at radius 1 is 1.53 bits per heavy atom. The highest BCUT2D eigenvalue weighted by Gasteiger charge is 2.20. The van der Waals surface area contributed by atoms with Crippen molar-refractivity contribution in [2.45, 2.75) is 38.5 Å². The number of hydrogen-bond acceptors (Lipinski definition) is 5. The van der Waals surface area contributed by atoms with Gasteiger partial charge in [-0.3, -0.25) is 4.90 Å². The molecule has 0 bridgehead atoms. The van der Waals surface area contributed by atoms with Gasteiger partial charge in [0.25, 0.3) is 0 Å². The van der Waals surface area contributed by atoms with E-state index in [1.54, 1.807) is 13.3 Å². The highest BCUT2D eigenvalue weighted by Crippen LogP contribution is 2.13. The van der Waals surface area contributed by atoms with Gasteiger partial charge in [-0.15, -0.1) is 10.2 Å². The SMILES string of the molecule is CC(O)(CN)CCCN1CCn2cnnc2C1. The van der Waals surface area contributed by atoms with E-state index in [1.807, 2.05) is 0 Å². The van der Waals surface area contributed by atoms with Crippen LogP contribution < -0.4 is 5.73 Å². The van der Waals surface area contributed by atoms with Crippen molar-refractivity contribution in [3.8, 4) is 0 Å². The maximum absolute atomic E-state index is 9.81. The zero-order valence-electron chi connectivity index (χ0n) is 10.3. The van der Waals surface area contributed by atoms with E-state index in [4.69, 9.17) is 5.73 Å². The second kappa shape index (κ2) is 5.12. The second-order valence-corrected chi connectivity index (χ2v) is 5.02. The van der Waals surface area contributed by atoms with Gasteiger partial charge in [0.1, 0.15) is 12.2 Å². The first-order valence-electron chi connectivity index (χ1n) is 6.12. The Kier molecular flexibility index (Phi) is 3.76. The molecule has 1 unspecified atom stereocenters. The molecule has 0 spiro atoms. The van der Waals surface area contributed by atoms with E-state index in [0.717, 1.165) is 44.8 Å². The van der Waals surface area contributed by atoms with Gasteiger partial charge in [0.2, 0.25) is 0 Å². The van der Waals surface area contributed by atoms with Gasteiger partial charge in [-0.1, -0.05) is 0 Å². The van der Waals surface area contributed by atoms with Gasteiger partial charge in [0.15, 0.2) is 0 Å². The van der Waals surface area contributed by atoms with E-state index in [9.17, 15) is 5.11 Å². The molecule has 0 amide bonds. The smallest absolute Gasteiger partial charge is 0.147 e. The van der Waals surface area contributed by atoms with Crippen molar-refractivity contribution in [3.63, 3.8) is 0 Å². The molecule has 0 fully saturated rings. The van der Waals surface area contributed by atoms with Crippen LogP contribution in [-0.2, 0) is 13.1 Å². The van der Waals surface area contributed by atoms with Gasteiger partial charge in [-0.25, -0.2) is 0 Å². The summed E-state index contributed by atoms with van der Waals surface area (Å²) in [6.07, 6.45) is 3.48. The highest BCUT2D eigenvalue weighted by molar-refractivity contribution is 4.89. The third-order valence-electron chi connectivity index (χ3n) is 3.35. The van der Waals surface area contributed by atoms with E-state index >= 15 is 0 Å². The molecular formula is C11H21N5O. The van der Waals surface area contributed by atoms with Crippen LogP contribution in [0.3, 0.4) is 0 Å². The monoisotopic (exact) mass is 239 g/mol. The van der Waals surface area contributed by atoms with Crippen LogP contribution in [0.15, 0.2) is 6.33 Å². The molecule has 6 nitrogen and oxygen atoms in total. The summed E-state index contributed by atoms with van der Waals surface area (Å²) in [7, 11) is 0. The number of aliphatic hydroxyl groups is 1. The minimum absolute atomic E-state index is 0.321. The maximum Gasteiger partial charge on any atom is 0.147 e. The van der Waals surface area contributed by atoms with Gasteiger partial charge in [0.05, 0.1) is 12.1 Å². The number of nitrogens with two attached hydrogens (primary N) is 1. The molecule has 0 radical (unpaired) electrons. The molecule has 96 valence electrons. The van der Waals surface area contributed by atoms with Crippen molar-refractivity contribution >= 4 is 0 Å². The van der Waals surface area contributed by atoms with Crippen LogP contribution in [0, 0.1) is 0 Å². The largest absolute Gasteiger partial charge is 0.389 e. The van der Waals surface area contributed by atoms with Gasteiger partial charge >= 0.3 is 0 Å². The molecule has 0 saturated heterocycles. The molecule has 2 heterocycles. The minimum atomic E-state index is -0.726. The average Bonchev–Trinajstić information content (AvgIpc) is 2.76. The first kappa shape index (κ1) is 12.5. The molecule has 6 heteroatoms. The summed E-state index contributed by atoms with van der Waals surface area (Å²) in [6.45, 7) is 5.92. The summed E-state index contributed by atoms with van der Waals surface area (Å²) in [5.41, 5.74) is 4.76. The molecule has 2 rings (SSSR count). The lowest BCUT2D eigenvalue weighted by Crippen LogP contribution is -2.37. The molecule has 1 aliphatic rings. The predicted octanol–water partition coefficient (Wildman–Crippen LogP) is -0.416. The van der Waals surface area contributed by atoms with Gasteiger partial charge < -0.3 is 15.4 Å². The molecule has 0 aliphatic carbocycles. The third kappa shape index (κ3) is 3.24. The fourth-order valence-corrected chi connectivity index (χ4v) is 2.09. The topological polar surface area (TPSA) is 80.2 Å². The molecule has 1 aromatic rings. The fourth-order valence-electron chi connectivity index (χ4n) is 2.09. The Hall–Kier alpha value is -0.980. The molecule has 17 heavy (non-hydrogen) atoms. The Balaban J connectivity index is 1.75. The third-order valence-corrected chi connectivity index (χ3v) is 3.35. The molecule has 0 saturated carbocycles. The van der Waals surface area contributed by atoms with E-state index in [-0.39, 0.29) is 0 Å². The van der Waals surface area contributed by atoms with Crippen molar-refractivity contribution in [2.24, 2.45) is 5.73 Å². The summed E-state index contributed by atoms with van der Waals surface area (Å²) in [4.78, 5) is 2.34. The Labute approximate surface area is 101 Å². The van der Waals surface area contributed by atoms with Gasteiger partial charge in [-0.2, -0.15) is 0 Å². The van der Waals surface area contributed by atoms with Crippen LogP contribution in [0.4, 0.5) is 0 Å². The summed E-state index contributed by atoms with van der Waals surface area (Å²) in [6, 6.07) is 0. The lowest BCUT2D eigenvalue weighted by Gasteiger charge is -2.28. The molecule has 1 aliphatic heterocycles. The van der Waals surface area contributed by atoms with Crippen LogP contribution in [-0.4, -0.2) is 50.0 Å². The summed E-state index contributed by atoms with van der Waals surface area (Å²) in [5.74, 6) is 1.03. The molecule has 3 N–H and O–H groups in total. The fraction of sp³-hybridized carbons (Fsp3) is 0.818. The van der Waals surface area contributed by atoms with E-state index < -0.39 is 5.60 Å². The van der Waals surface area contributed by atoms with Crippen molar-refractivity contribution in [1.82, 2.24) is 19.7 Å². The predicted molar refractivity (Wildman–Crippen MR) is 64.2 cm³/mol. The molecular weight excluding hydrogens is 218 g/mol. The zero-order chi connectivity index (χ0) is 12.3. The van der Waals surface area contributed by atoms with Crippen LogP contribution in [0.2, 0.25) is 0 Å². The second-order valence-electron chi connectivity index (χ2n) is 5.02. The molecule has 0 aromatic carbocycles. The van der Waals surface area contributed by atoms with E-state index in [0.29, 0.717) is 6.54 Å². The van der Waals surface area contributed by atoms with E-state index in [1.165, 1.54) is 0 Å². The van der Waals surface area contributed by atoms with Crippen LogP contribution in [0.5, 0.6) is 0 Å². The number of nitrogens with zero attached hydrogens (tertiary/aromatic N) is 4. The van der Waals surface area contributed by atoms with Gasteiger partial charge in [-0.05, 0) is 26.3 Å². The quantitative estimate of drug-likeness (QED) is 0.729. The van der Waals surface area contributed by atoms with E-state index in [2.05, 4.69) is 19.7 Å². The first-order chi connectivity index (χ1) is 8.11. The number of hydrogen-bond donors (Lipinski definition) is 2. The zero-order valence-corrected chi connectivity index (χ0v) is 10.3. The lowest BCUT2D eigenvalue weighted by atomic mass is 10.0. The number of rotatable bonds is 5. The summed E-state index contributed by atoms with van der Waals surface area (Å²) in [5, 5.41) is 17.8. The van der Waals surface area contributed by atoms with Crippen LogP contribution in [0.1, 0.15) is 25.6 Å². The number of aromatic nitrogens is 3. The summed E-state index contributed by atoms with van der Waals surface area (Å²) < 4.78 is 2.09. The van der Waals surface area contributed by atoms with Crippen molar-refractivity contribution in [3.05, 3.63) is 12.2 Å². The minimum Gasteiger partial charge on any atom is -0.389 e. The maximum atomic E-state index is 9.81. The Morgan fingerprint density at radius 2 is 2.35 bits per heavy atom. The Bertz CT molecular complexity index is 362. The molecule has 1 atom stereocenters. The average molecular weight is 239 g/mol. The summed E-state index contributed by atoms with van der Waals surface area (Å²) >= 11 is 0. The van der Waals surface area contributed by atoms with Crippen LogP contribution >= 0.6 is 0 Å². The Morgan fingerprint density at radius 3 is 3.12 bits per heavy atom. The standard InChI is InChI=1S/C11H21N5O/c1-11(17,8-12)3-2-4-15-5-6-16-9-13-14-10(16)7-15/h9,17H,2-8,12H2,1H3. The first-order valence-corrected chi connectivity index (χ1v) is 6.12. The van der Waals surface area contributed by atoms with Crippen molar-refractivity contribution in [2.75, 3.05) is 19.6 Å². The normalized spacial score (nSPS) is 19.9.